The molecule has 1 rings (SSSR count). The van der Waals surface area contributed by atoms with Crippen LogP contribution in [0.15, 0.2) is 29.6 Å². The highest BCUT2D eigenvalue weighted by atomic mass is 16.4. The van der Waals surface area contributed by atoms with Gasteiger partial charge in [-0.15, -0.1) is 0 Å². The van der Waals surface area contributed by atoms with Crippen molar-refractivity contribution < 1.29 is 14.6 Å². The number of carbonyl (C=O) groups is 1. The molecule has 1 heterocycles. The molecule has 1 amide bonds. The van der Waals surface area contributed by atoms with Crippen molar-refractivity contribution in [1.82, 2.24) is 4.90 Å². The zero-order valence-electron chi connectivity index (χ0n) is 11.9. The van der Waals surface area contributed by atoms with Crippen LogP contribution in [-0.2, 0) is 11.3 Å². The van der Waals surface area contributed by atoms with Gasteiger partial charge < -0.3 is 10.1 Å². The second-order valence-corrected chi connectivity index (χ2v) is 4.99. The fourth-order valence-electron chi connectivity index (χ4n) is 2.21. The summed E-state index contributed by atoms with van der Waals surface area (Å²) < 4.78 is 1.76. The van der Waals surface area contributed by atoms with Crippen LogP contribution in [0.4, 0.5) is 0 Å². The summed E-state index contributed by atoms with van der Waals surface area (Å²) in [5.41, 5.74) is 0.686. The highest BCUT2D eigenvalue weighted by Gasteiger charge is 2.24. The highest BCUT2D eigenvalue weighted by molar-refractivity contribution is 5.77. The minimum atomic E-state index is 0.0498. The molecule has 1 N–H and O–H groups in total. The Bertz CT molecular complexity index is 448. The van der Waals surface area contributed by atoms with E-state index < -0.39 is 0 Å². The molecule has 5 heteroatoms. The van der Waals surface area contributed by atoms with Crippen molar-refractivity contribution in [2.75, 3.05) is 0 Å². The topological polar surface area (TPSA) is 56.8 Å². The molecule has 0 saturated carbocycles. The van der Waals surface area contributed by atoms with Crippen LogP contribution in [0.2, 0.25) is 0 Å². The first kappa shape index (κ1) is 15.1. The number of carbonyl (C=O) groups excluding carboxylic acids is 1. The van der Waals surface area contributed by atoms with Crippen molar-refractivity contribution in [3.05, 3.63) is 30.1 Å². The van der Waals surface area contributed by atoms with Gasteiger partial charge in [0, 0.05) is 24.2 Å². The summed E-state index contributed by atoms with van der Waals surface area (Å²) in [6.45, 7) is 8.25. The molecule has 0 spiro atoms. The molecule has 0 bridgehead atoms. The van der Waals surface area contributed by atoms with Gasteiger partial charge in [0.25, 0.3) is 5.91 Å². The van der Waals surface area contributed by atoms with Crippen molar-refractivity contribution in [3.63, 3.8) is 0 Å². The number of rotatable bonds is 5. The molecular formula is C14H22N3O2+. The summed E-state index contributed by atoms with van der Waals surface area (Å²) in [7, 11) is 0. The summed E-state index contributed by atoms with van der Waals surface area (Å²) in [5, 5.41) is 11.6. The molecule has 104 valence electrons. The molecule has 0 radical (unpaired) electrons. The molecule has 0 aliphatic heterocycles. The van der Waals surface area contributed by atoms with Gasteiger partial charge in [0.05, 0.1) is 0 Å². The summed E-state index contributed by atoms with van der Waals surface area (Å²) in [4.78, 5) is 14.2. The predicted molar refractivity (Wildman–Crippen MR) is 73.1 cm³/mol. The third-order valence-electron chi connectivity index (χ3n) is 2.87. The Morgan fingerprint density at radius 1 is 1.37 bits per heavy atom. The Kier molecular flexibility index (Phi) is 5.48. The molecule has 0 aromatic carbocycles. The zero-order chi connectivity index (χ0) is 14.4. The van der Waals surface area contributed by atoms with Crippen molar-refractivity contribution in [2.45, 2.75) is 46.3 Å². The molecule has 0 unspecified atom stereocenters. The van der Waals surface area contributed by atoms with E-state index in [1.807, 2.05) is 44.7 Å². The first-order valence-electron chi connectivity index (χ1n) is 6.44. The minimum Gasteiger partial charge on any atom is -0.411 e. The van der Waals surface area contributed by atoms with E-state index in [0.717, 1.165) is 0 Å². The summed E-state index contributed by atoms with van der Waals surface area (Å²) in [6.07, 6.45) is 3.12. The highest BCUT2D eigenvalue weighted by Crippen LogP contribution is 2.05. The largest absolute Gasteiger partial charge is 0.411 e. The molecular weight excluding hydrogens is 242 g/mol. The lowest BCUT2D eigenvalue weighted by Crippen LogP contribution is -2.51. The second-order valence-electron chi connectivity index (χ2n) is 4.99. The monoisotopic (exact) mass is 264 g/mol. The normalized spacial score (nSPS) is 11.5. The van der Waals surface area contributed by atoms with Crippen LogP contribution in [0.25, 0.3) is 0 Å². The van der Waals surface area contributed by atoms with Crippen LogP contribution in [-0.4, -0.2) is 34.3 Å². The van der Waals surface area contributed by atoms with Gasteiger partial charge in [-0.3, -0.25) is 4.79 Å². The van der Waals surface area contributed by atoms with E-state index in [1.165, 1.54) is 6.21 Å². The van der Waals surface area contributed by atoms with Gasteiger partial charge >= 0.3 is 0 Å². The molecule has 19 heavy (non-hydrogen) atoms. The average molecular weight is 264 g/mol. The molecule has 1 aromatic heterocycles. The van der Waals surface area contributed by atoms with Crippen molar-refractivity contribution >= 4 is 12.1 Å². The second kappa shape index (κ2) is 6.87. The number of aromatic nitrogens is 1. The Morgan fingerprint density at radius 3 is 2.53 bits per heavy atom. The van der Waals surface area contributed by atoms with Crippen LogP contribution in [0.3, 0.4) is 0 Å². The summed E-state index contributed by atoms with van der Waals surface area (Å²) in [5.74, 6) is 0.0498. The molecule has 0 saturated heterocycles. The number of hydrogen-bond acceptors (Lipinski definition) is 3. The molecule has 1 aromatic rings. The lowest BCUT2D eigenvalue weighted by molar-refractivity contribution is -0.686. The van der Waals surface area contributed by atoms with E-state index in [-0.39, 0.29) is 24.5 Å². The van der Waals surface area contributed by atoms with E-state index in [2.05, 4.69) is 5.16 Å². The van der Waals surface area contributed by atoms with Crippen molar-refractivity contribution in [1.29, 1.82) is 0 Å². The number of hydrogen-bond donors (Lipinski definition) is 1. The van der Waals surface area contributed by atoms with E-state index in [9.17, 15) is 4.79 Å². The summed E-state index contributed by atoms with van der Waals surface area (Å²) in [6, 6.07) is 5.79. The molecule has 0 aliphatic rings. The molecule has 0 aliphatic carbocycles. The van der Waals surface area contributed by atoms with Gasteiger partial charge in [0.1, 0.15) is 6.21 Å². The molecule has 0 fully saturated rings. The quantitative estimate of drug-likeness (QED) is 0.378. The van der Waals surface area contributed by atoms with Crippen molar-refractivity contribution in [2.24, 2.45) is 5.16 Å². The first-order chi connectivity index (χ1) is 8.97. The number of amides is 1. The summed E-state index contributed by atoms with van der Waals surface area (Å²) >= 11 is 0. The number of nitrogens with zero attached hydrogens (tertiary/aromatic N) is 3. The van der Waals surface area contributed by atoms with Gasteiger partial charge in [-0.2, -0.15) is 4.57 Å². The van der Waals surface area contributed by atoms with Crippen molar-refractivity contribution in [3.8, 4) is 0 Å². The van der Waals surface area contributed by atoms with Gasteiger partial charge in [-0.25, -0.2) is 0 Å². The maximum absolute atomic E-state index is 12.4. The van der Waals surface area contributed by atoms with Gasteiger partial charge in [-0.05, 0) is 33.8 Å². The fourth-order valence-corrected chi connectivity index (χ4v) is 2.21. The molecule has 5 nitrogen and oxygen atoms in total. The minimum absolute atomic E-state index is 0.0498. The Labute approximate surface area is 114 Å². The number of oxime groups is 1. The van der Waals surface area contributed by atoms with E-state index in [4.69, 9.17) is 5.21 Å². The first-order valence-corrected chi connectivity index (χ1v) is 6.44. The predicted octanol–water partition coefficient (Wildman–Crippen LogP) is 1.43. The standard InChI is InChI=1S/C14H21N3O2/c1-11(2)17(12(3)4)14(18)10-16-8-6-5-7-13(16)9-15-19/h5-9,11-12H,10H2,1-4H3/p+1. The van der Waals surface area contributed by atoms with Crippen LogP contribution in [0, 0.1) is 0 Å². The Morgan fingerprint density at radius 2 is 2.00 bits per heavy atom. The molecule has 0 atom stereocenters. The van der Waals surface area contributed by atoms with E-state index in [1.54, 1.807) is 16.8 Å². The maximum Gasteiger partial charge on any atom is 0.289 e. The van der Waals surface area contributed by atoms with Crippen LogP contribution < -0.4 is 4.57 Å². The fraction of sp³-hybridized carbons (Fsp3) is 0.500. The van der Waals surface area contributed by atoms with Crippen LogP contribution in [0.1, 0.15) is 33.4 Å². The Hall–Kier alpha value is -1.91. The lowest BCUT2D eigenvalue weighted by atomic mass is 10.2. The maximum atomic E-state index is 12.4. The lowest BCUT2D eigenvalue weighted by Gasteiger charge is -2.29. The smallest absolute Gasteiger partial charge is 0.289 e. The van der Waals surface area contributed by atoms with E-state index >= 15 is 0 Å². The van der Waals surface area contributed by atoms with Gasteiger partial charge in [0.2, 0.25) is 12.2 Å². The third-order valence-corrected chi connectivity index (χ3v) is 2.87. The van der Waals surface area contributed by atoms with Gasteiger partial charge in [0.15, 0.2) is 6.20 Å². The SMILES string of the molecule is CC(C)N(C(=O)C[n+]1ccccc1C=NO)C(C)C. The van der Waals surface area contributed by atoms with Crippen LogP contribution >= 0.6 is 0 Å². The Balaban J connectivity index is 2.93. The number of pyridine rings is 1. The average Bonchev–Trinajstić information content (AvgIpc) is 2.30. The van der Waals surface area contributed by atoms with E-state index in [0.29, 0.717) is 5.69 Å². The van der Waals surface area contributed by atoms with Gasteiger partial charge in [-0.1, -0.05) is 5.16 Å². The third kappa shape index (κ3) is 4.05. The zero-order valence-corrected chi connectivity index (χ0v) is 11.9. The van der Waals surface area contributed by atoms with Crippen LogP contribution in [0.5, 0.6) is 0 Å².